The summed E-state index contributed by atoms with van der Waals surface area (Å²) in [5, 5.41) is 14.0. The topological polar surface area (TPSA) is 38.1 Å². The minimum Gasteiger partial charge on any atom is -0.388 e. The van der Waals surface area contributed by atoms with Crippen LogP contribution in [0.3, 0.4) is 0 Å². The number of aliphatic hydroxyl groups excluding tert-OH is 1. The summed E-state index contributed by atoms with van der Waals surface area (Å²) in [6, 6.07) is 0. The van der Waals surface area contributed by atoms with Crippen molar-refractivity contribution in [2.45, 2.75) is 45.3 Å². The normalized spacial score (nSPS) is 12.3. The van der Waals surface area contributed by atoms with Gasteiger partial charge in [-0.25, -0.2) is 0 Å². The molecule has 15 heavy (non-hydrogen) atoms. The highest BCUT2D eigenvalue weighted by molar-refractivity contribution is 5.07. The number of terminal acetylenes is 1. The molecular weight excluding hydrogens is 188 g/mol. The van der Waals surface area contributed by atoms with Crippen LogP contribution >= 0.6 is 0 Å². The number of aromatic nitrogens is 2. The lowest BCUT2D eigenvalue weighted by atomic mass is 10.1. The van der Waals surface area contributed by atoms with E-state index in [0.29, 0.717) is 6.42 Å². The van der Waals surface area contributed by atoms with Crippen molar-refractivity contribution in [2.75, 3.05) is 0 Å². The van der Waals surface area contributed by atoms with E-state index >= 15 is 0 Å². The fourth-order valence-electron chi connectivity index (χ4n) is 1.47. The molecule has 0 aliphatic heterocycles. The van der Waals surface area contributed by atoms with Crippen molar-refractivity contribution in [3.05, 3.63) is 18.0 Å². The Hall–Kier alpha value is -1.27. The van der Waals surface area contributed by atoms with Crippen LogP contribution in [0.4, 0.5) is 0 Å². The van der Waals surface area contributed by atoms with Crippen molar-refractivity contribution < 1.29 is 5.11 Å². The van der Waals surface area contributed by atoms with Gasteiger partial charge >= 0.3 is 0 Å². The van der Waals surface area contributed by atoms with Crippen LogP contribution in [-0.4, -0.2) is 14.9 Å². The summed E-state index contributed by atoms with van der Waals surface area (Å²) in [6.07, 6.45) is 11.7. The number of hydrogen-bond donors (Lipinski definition) is 1. The first-order valence-corrected chi connectivity index (χ1v) is 5.41. The van der Waals surface area contributed by atoms with Crippen molar-refractivity contribution in [2.24, 2.45) is 0 Å². The summed E-state index contributed by atoms with van der Waals surface area (Å²) >= 11 is 0. The fourth-order valence-corrected chi connectivity index (χ4v) is 1.47. The fraction of sp³-hybridized carbons (Fsp3) is 0.583. The summed E-state index contributed by atoms with van der Waals surface area (Å²) in [5.41, 5.74) is 0.889. The lowest BCUT2D eigenvalue weighted by Crippen LogP contribution is -1.97. The zero-order valence-corrected chi connectivity index (χ0v) is 9.19. The monoisotopic (exact) mass is 206 g/mol. The highest BCUT2D eigenvalue weighted by atomic mass is 16.3. The summed E-state index contributed by atoms with van der Waals surface area (Å²) in [6.45, 7) is 3.00. The van der Waals surface area contributed by atoms with Gasteiger partial charge < -0.3 is 5.11 Å². The van der Waals surface area contributed by atoms with Crippen molar-refractivity contribution in [3.8, 4) is 12.3 Å². The van der Waals surface area contributed by atoms with Gasteiger partial charge in [0.25, 0.3) is 0 Å². The van der Waals surface area contributed by atoms with Gasteiger partial charge in [0.2, 0.25) is 0 Å². The summed E-state index contributed by atoms with van der Waals surface area (Å²) < 4.78 is 1.86. The molecule has 0 bridgehead atoms. The first-order valence-electron chi connectivity index (χ1n) is 5.41. The molecule has 1 aromatic rings. The molecule has 3 heteroatoms. The molecule has 0 spiro atoms. The first-order chi connectivity index (χ1) is 7.27. The van der Waals surface area contributed by atoms with Gasteiger partial charge in [0, 0.05) is 24.7 Å². The van der Waals surface area contributed by atoms with E-state index in [4.69, 9.17) is 6.42 Å². The number of nitrogens with zero attached hydrogens (tertiary/aromatic N) is 2. The zero-order valence-electron chi connectivity index (χ0n) is 9.19. The highest BCUT2D eigenvalue weighted by Crippen LogP contribution is 2.18. The number of hydrogen-bond acceptors (Lipinski definition) is 2. The van der Waals surface area contributed by atoms with Crippen LogP contribution in [-0.2, 0) is 6.54 Å². The van der Waals surface area contributed by atoms with E-state index in [1.54, 1.807) is 6.20 Å². The smallest absolute Gasteiger partial charge is 0.0820 e. The van der Waals surface area contributed by atoms with Crippen molar-refractivity contribution in [1.29, 1.82) is 0 Å². The summed E-state index contributed by atoms with van der Waals surface area (Å²) in [7, 11) is 0. The minimum absolute atomic E-state index is 0.427. The molecule has 0 aliphatic carbocycles. The van der Waals surface area contributed by atoms with Crippen LogP contribution in [0.25, 0.3) is 0 Å². The Bertz CT molecular complexity index is 325. The molecule has 0 amide bonds. The molecule has 1 heterocycles. The van der Waals surface area contributed by atoms with Gasteiger partial charge in [-0.3, -0.25) is 4.68 Å². The third-order valence-electron chi connectivity index (χ3n) is 2.29. The Labute approximate surface area is 91.1 Å². The van der Waals surface area contributed by atoms with E-state index in [9.17, 15) is 5.11 Å². The molecule has 1 aromatic heterocycles. The van der Waals surface area contributed by atoms with Gasteiger partial charge in [-0.1, -0.05) is 6.92 Å². The van der Waals surface area contributed by atoms with Gasteiger partial charge in [0.1, 0.15) is 0 Å². The largest absolute Gasteiger partial charge is 0.388 e. The molecule has 0 saturated heterocycles. The van der Waals surface area contributed by atoms with Gasteiger partial charge in [-0.15, -0.1) is 12.3 Å². The van der Waals surface area contributed by atoms with Crippen LogP contribution < -0.4 is 0 Å². The average molecular weight is 206 g/mol. The van der Waals surface area contributed by atoms with Gasteiger partial charge in [0.05, 0.1) is 12.3 Å². The molecule has 0 aliphatic rings. The van der Waals surface area contributed by atoms with Gasteiger partial charge in [0.15, 0.2) is 0 Å². The zero-order chi connectivity index (χ0) is 11.1. The highest BCUT2D eigenvalue weighted by Gasteiger charge is 2.08. The predicted molar refractivity (Wildman–Crippen MR) is 60.2 cm³/mol. The quantitative estimate of drug-likeness (QED) is 0.572. The minimum atomic E-state index is -0.427. The molecule has 1 unspecified atom stereocenters. The number of unbranched alkanes of at least 4 members (excludes halogenated alkanes) is 1. The Morgan fingerprint density at radius 1 is 1.67 bits per heavy atom. The van der Waals surface area contributed by atoms with E-state index in [1.807, 2.05) is 10.9 Å². The molecular formula is C12H18N2O. The maximum absolute atomic E-state index is 9.81. The van der Waals surface area contributed by atoms with Gasteiger partial charge in [-0.05, 0) is 19.3 Å². The number of aryl methyl sites for hydroxylation is 1. The van der Waals surface area contributed by atoms with Crippen molar-refractivity contribution >= 4 is 0 Å². The molecule has 0 saturated carbocycles. The Morgan fingerprint density at radius 2 is 2.47 bits per heavy atom. The predicted octanol–water partition coefficient (Wildman–Crippen LogP) is 2.13. The SMILES string of the molecule is C#CCCCC(O)c1cnn(CCC)c1. The second-order valence-corrected chi connectivity index (χ2v) is 3.65. The number of aliphatic hydroxyl groups is 1. The van der Waals surface area contributed by atoms with Crippen LogP contribution in [0, 0.1) is 12.3 Å². The first kappa shape index (κ1) is 11.8. The molecule has 1 rings (SSSR count). The van der Waals surface area contributed by atoms with Crippen LogP contribution in [0.5, 0.6) is 0 Å². The average Bonchev–Trinajstić information content (AvgIpc) is 2.67. The molecule has 0 radical (unpaired) electrons. The van der Waals surface area contributed by atoms with E-state index < -0.39 is 6.10 Å². The Balaban J connectivity index is 2.43. The van der Waals surface area contributed by atoms with Crippen LogP contribution in [0.2, 0.25) is 0 Å². The molecule has 0 aromatic carbocycles. The third-order valence-corrected chi connectivity index (χ3v) is 2.29. The van der Waals surface area contributed by atoms with E-state index in [1.165, 1.54) is 0 Å². The standard InChI is InChI=1S/C12H18N2O/c1-3-5-6-7-12(15)11-9-13-14(10-11)8-4-2/h1,9-10,12,15H,4-8H2,2H3. The maximum atomic E-state index is 9.81. The second-order valence-electron chi connectivity index (χ2n) is 3.65. The Morgan fingerprint density at radius 3 is 3.13 bits per heavy atom. The van der Waals surface area contributed by atoms with E-state index in [0.717, 1.165) is 31.4 Å². The van der Waals surface area contributed by atoms with E-state index in [2.05, 4.69) is 17.9 Å². The third kappa shape index (κ3) is 3.77. The molecule has 82 valence electrons. The van der Waals surface area contributed by atoms with Crippen molar-refractivity contribution in [3.63, 3.8) is 0 Å². The second kappa shape index (κ2) is 6.26. The lowest BCUT2D eigenvalue weighted by molar-refractivity contribution is 0.165. The molecule has 1 atom stereocenters. The summed E-state index contributed by atoms with van der Waals surface area (Å²) in [5.74, 6) is 2.57. The molecule has 0 fully saturated rings. The van der Waals surface area contributed by atoms with Crippen molar-refractivity contribution in [1.82, 2.24) is 9.78 Å². The Kier molecular flexibility index (Phi) is 4.92. The lowest BCUT2D eigenvalue weighted by Gasteiger charge is -2.05. The molecule has 3 nitrogen and oxygen atoms in total. The van der Waals surface area contributed by atoms with Crippen LogP contribution in [0.1, 0.15) is 44.3 Å². The maximum Gasteiger partial charge on any atom is 0.0820 e. The van der Waals surface area contributed by atoms with E-state index in [-0.39, 0.29) is 0 Å². The van der Waals surface area contributed by atoms with Crippen LogP contribution in [0.15, 0.2) is 12.4 Å². The summed E-state index contributed by atoms with van der Waals surface area (Å²) in [4.78, 5) is 0. The van der Waals surface area contributed by atoms with Gasteiger partial charge in [-0.2, -0.15) is 5.10 Å². The number of rotatable bonds is 6. The molecule has 1 N–H and O–H groups in total.